The van der Waals surface area contributed by atoms with Crippen LogP contribution in [0.4, 0.5) is 0 Å². The van der Waals surface area contributed by atoms with Gasteiger partial charge in [-0.25, -0.2) is 0 Å². The molecule has 3 N–H and O–H groups in total. The fourth-order valence-electron chi connectivity index (χ4n) is 3.35. The van der Waals surface area contributed by atoms with E-state index in [4.69, 9.17) is 5.11 Å². The van der Waals surface area contributed by atoms with Crippen molar-refractivity contribution >= 4 is 11.9 Å². The van der Waals surface area contributed by atoms with Gasteiger partial charge in [-0.05, 0) is 24.9 Å². The van der Waals surface area contributed by atoms with Gasteiger partial charge in [-0.3, -0.25) is 14.5 Å². The lowest BCUT2D eigenvalue weighted by Crippen LogP contribution is -2.54. The molecule has 1 amide bonds. The van der Waals surface area contributed by atoms with E-state index in [1.54, 1.807) is 6.20 Å². The summed E-state index contributed by atoms with van der Waals surface area (Å²) in [6, 6.07) is 10.1. The van der Waals surface area contributed by atoms with Crippen molar-refractivity contribution in [2.24, 2.45) is 0 Å². The Morgan fingerprint density at radius 2 is 1.96 bits per heavy atom. The Labute approximate surface area is 146 Å². The third kappa shape index (κ3) is 3.91. The summed E-state index contributed by atoms with van der Waals surface area (Å²) in [5.41, 5.74) is 2.52. The van der Waals surface area contributed by atoms with Crippen molar-refractivity contribution < 1.29 is 14.7 Å². The van der Waals surface area contributed by atoms with Gasteiger partial charge in [-0.2, -0.15) is 0 Å². The molecular formula is C19H23N3O3. The Kier molecular flexibility index (Phi) is 5.19. The second-order valence-electron chi connectivity index (χ2n) is 6.40. The van der Waals surface area contributed by atoms with Gasteiger partial charge in [0.25, 0.3) is 5.91 Å². The number of nitrogens with one attached hydrogen (secondary N) is 2. The number of carbonyl (C=O) groups excluding carboxylic acids is 1. The molecule has 0 radical (unpaired) electrons. The van der Waals surface area contributed by atoms with Gasteiger partial charge in [-0.15, -0.1) is 0 Å². The van der Waals surface area contributed by atoms with Crippen LogP contribution in [0.1, 0.15) is 30.1 Å². The minimum absolute atomic E-state index is 0.0534. The number of hydrogen-bond acceptors (Lipinski definition) is 3. The van der Waals surface area contributed by atoms with E-state index in [9.17, 15) is 9.59 Å². The highest BCUT2D eigenvalue weighted by atomic mass is 16.4. The summed E-state index contributed by atoms with van der Waals surface area (Å²) in [7, 11) is 0. The largest absolute Gasteiger partial charge is 0.480 e. The predicted octanol–water partition coefficient (Wildman–Crippen LogP) is 2.35. The Bertz CT molecular complexity index is 735. The van der Waals surface area contributed by atoms with Gasteiger partial charge in [0.05, 0.1) is 12.1 Å². The van der Waals surface area contributed by atoms with Crippen LogP contribution in [0.25, 0.3) is 11.1 Å². The summed E-state index contributed by atoms with van der Waals surface area (Å²) in [5, 5.41) is 12.0. The molecular weight excluding hydrogens is 318 g/mol. The van der Waals surface area contributed by atoms with E-state index in [1.165, 1.54) is 0 Å². The van der Waals surface area contributed by atoms with Crippen molar-refractivity contribution in [3.63, 3.8) is 0 Å². The molecule has 6 nitrogen and oxygen atoms in total. The maximum absolute atomic E-state index is 12.6. The van der Waals surface area contributed by atoms with Crippen LogP contribution >= 0.6 is 0 Å². The molecule has 2 aromatic rings. The number of hydrogen-bond donors (Lipinski definition) is 3. The molecule has 1 fully saturated rings. The highest BCUT2D eigenvalue weighted by Gasteiger charge is 2.35. The molecule has 0 unspecified atom stereocenters. The van der Waals surface area contributed by atoms with E-state index in [1.807, 2.05) is 48.4 Å². The van der Waals surface area contributed by atoms with Gasteiger partial charge >= 0.3 is 5.97 Å². The maximum atomic E-state index is 12.6. The minimum Gasteiger partial charge on any atom is -0.480 e. The number of amides is 1. The molecule has 0 bridgehead atoms. The fourth-order valence-corrected chi connectivity index (χ4v) is 3.35. The summed E-state index contributed by atoms with van der Waals surface area (Å²) in [4.78, 5) is 28.4. The van der Waals surface area contributed by atoms with Crippen molar-refractivity contribution in [2.75, 3.05) is 13.1 Å². The highest BCUT2D eigenvalue weighted by molar-refractivity contribution is 6.01. The lowest BCUT2D eigenvalue weighted by molar-refractivity contribution is -0.139. The number of aromatic amines is 1. The zero-order chi connectivity index (χ0) is 17.8. The van der Waals surface area contributed by atoms with Crippen molar-refractivity contribution in [3.05, 3.63) is 48.3 Å². The molecule has 132 valence electrons. The number of H-pyrrole nitrogens is 1. The Morgan fingerprint density at radius 3 is 2.60 bits per heavy atom. The molecule has 0 aliphatic heterocycles. The lowest BCUT2D eigenvalue weighted by Gasteiger charge is -2.42. The second-order valence-corrected chi connectivity index (χ2v) is 6.40. The second kappa shape index (κ2) is 7.53. The van der Waals surface area contributed by atoms with E-state index >= 15 is 0 Å². The number of benzene rings is 1. The monoisotopic (exact) mass is 341 g/mol. The van der Waals surface area contributed by atoms with Gasteiger partial charge in [0.15, 0.2) is 0 Å². The minimum atomic E-state index is -0.811. The zero-order valence-electron chi connectivity index (χ0n) is 14.2. The Morgan fingerprint density at radius 1 is 1.24 bits per heavy atom. The molecule has 1 saturated carbocycles. The molecule has 1 aliphatic rings. The van der Waals surface area contributed by atoms with Gasteiger partial charge in [0.1, 0.15) is 0 Å². The third-order valence-electron chi connectivity index (χ3n) is 4.78. The summed E-state index contributed by atoms with van der Waals surface area (Å²) in [6.45, 7) is 2.71. The smallest absolute Gasteiger partial charge is 0.317 e. The van der Waals surface area contributed by atoms with Crippen LogP contribution in [-0.2, 0) is 4.79 Å². The molecule has 3 rings (SSSR count). The fraction of sp³-hybridized carbons (Fsp3) is 0.368. The van der Waals surface area contributed by atoms with Crippen molar-refractivity contribution in [1.29, 1.82) is 0 Å². The summed E-state index contributed by atoms with van der Waals surface area (Å²) in [5.74, 6) is -0.904. The van der Waals surface area contributed by atoms with Gasteiger partial charge in [0, 0.05) is 30.0 Å². The number of rotatable bonds is 7. The summed E-state index contributed by atoms with van der Waals surface area (Å²) >= 11 is 0. The molecule has 1 heterocycles. The topological polar surface area (TPSA) is 85.4 Å². The number of carboxylic acids is 1. The van der Waals surface area contributed by atoms with Gasteiger partial charge < -0.3 is 15.4 Å². The van der Waals surface area contributed by atoms with E-state index in [2.05, 4.69) is 10.3 Å². The quantitative estimate of drug-likeness (QED) is 0.722. The number of carboxylic acid groups (broad SMARTS) is 1. The zero-order valence-corrected chi connectivity index (χ0v) is 14.2. The van der Waals surface area contributed by atoms with Gasteiger partial charge in [-0.1, -0.05) is 37.3 Å². The summed E-state index contributed by atoms with van der Waals surface area (Å²) < 4.78 is 0. The van der Waals surface area contributed by atoms with E-state index in [0.717, 1.165) is 24.0 Å². The first-order chi connectivity index (χ1) is 12.1. The van der Waals surface area contributed by atoms with E-state index in [-0.39, 0.29) is 24.5 Å². The van der Waals surface area contributed by atoms with Crippen LogP contribution in [0.3, 0.4) is 0 Å². The average Bonchev–Trinajstić information content (AvgIpc) is 3.06. The Balaban J connectivity index is 1.58. The maximum Gasteiger partial charge on any atom is 0.317 e. The first kappa shape index (κ1) is 17.2. The first-order valence-corrected chi connectivity index (χ1v) is 8.57. The predicted molar refractivity (Wildman–Crippen MR) is 95.4 cm³/mol. The summed E-state index contributed by atoms with van der Waals surface area (Å²) in [6.07, 6.45) is 5.13. The van der Waals surface area contributed by atoms with Crippen molar-refractivity contribution in [1.82, 2.24) is 15.2 Å². The van der Waals surface area contributed by atoms with Crippen LogP contribution in [0.5, 0.6) is 0 Å². The lowest BCUT2D eigenvalue weighted by atomic mass is 9.85. The molecule has 25 heavy (non-hydrogen) atoms. The molecule has 1 aromatic heterocycles. The average molecular weight is 341 g/mol. The van der Waals surface area contributed by atoms with Crippen LogP contribution < -0.4 is 5.32 Å². The van der Waals surface area contributed by atoms with E-state index in [0.29, 0.717) is 12.1 Å². The molecule has 6 heteroatoms. The number of nitrogens with zero attached hydrogens (tertiary/aromatic N) is 1. The first-order valence-electron chi connectivity index (χ1n) is 8.57. The van der Waals surface area contributed by atoms with E-state index < -0.39 is 5.97 Å². The number of carbonyl (C=O) groups is 2. The van der Waals surface area contributed by atoms with Crippen LogP contribution in [0, 0.1) is 0 Å². The number of aliphatic carboxylic acids is 1. The number of likely N-dealkylation sites (N-methyl/N-ethyl adjacent to an activating group) is 1. The Hall–Kier alpha value is -2.60. The molecule has 0 saturated heterocycles. The molecule has 1 aliphatic carbocycles. The standard InChI is InChI=1S/C19H23N3O3/c1-2-22(12-18(23)24)15-8-14(9-15)21-19(25)17-11-20-10-16(17)13-6-4-3-5-7-13/h3-7,10-11,14-15,20H,2,8-9,12H2,1H3,(H,21,25)(H,23,24). The molecule has 0 atom stereocenters. The van der Waals surface area contributed by atoms with Crippen LogP contribution in [0.15, 0.2) is 42.7 Å². The molecule has 0 spiro atoms. The SMILES string of the molecule is CCN(CC(=O)O)C1CC(NC(=O)c2c[nH]cc2-c2ccccc2)C1. The molecule has 1 aromatic carbocycles. The van der Waals surface area contributed by atoms with Crippen molar-refractivity contribution in [2.45, 2.75) is 31.8 Å². The van der Waals surface area contributed by atoms with Crippen LogP contribution in [-0.4, -0.2) is 52.0 Å². The van der Waals surface area contributed by atoms with Gasteiger partial charge in [0.2, 0.25) is 0 Å². The van der Waals surface area contributed by atoms with Crippen LogP contribution in [0.2, 0.25) is 0 Å². The number of aromatic nitrogens is 1. The highest BCUT2D eigenvalue weighted by Crippen LogP contribution is 2.27. The normalized spacial score (nSPS) is 19.4. The van der Waals surface area contributed by atoms with Crippen molar-refractivity contribution in [3.8, 4) is 11.1 Å². The third-order valence-corrected chi connectivity index (χ3v) is 4.78.